The minimum absolute atomic E-state index is 0.0150. The summed E-state index contributed by atoms with van der Waals surface area (Å²) in [5, 5.41) is 5.66. The molecular weight excluding hydrogens is 248 g/mol. The van der Waals surface area contributed by atoms with Crippen molar-refractivity contribution in [2.24, 2.45) is 0 Å². The number of amides is 1. The first kappa shape index (κ1) is 13.1. The van der Waals surface area contributed by atoms with E-state index in [0.717, 1.165) is 10.6 Å². The largest absolute Gasteiger partial charge is 0.324 e. The summed E-state index contributed by atoms with van der Waals surface area (Å²) in [6.45, 7) is 3.68. The lowest BCUT2D eigenvalue weighted by Gasteiger charge is -2.22. The van der Waals surface area contributed by atoms with Crippen LogP contribution in [0.1, 0.15) is 24.2 Å². The Labute approximate surface area is 111 Å². The van der Waals surface area contributed by atoms with Gasteiger partial charge in [0.1, 0.15) is 0 Å². The number of carbonyl (C=O) groups is 2. The molecule has 18 heavy (non-hydrogen) atoms. The average Bonchev–Trinajstić information content (AvgIpc) is 2.37. The van der Waals surface area contributed by atoms with Gasteiger partial charge in [-0.1, -0.05) is 6.07 Å². The Hall–Kier alpha value is -1.33. The lowest BCUT2D eigenvalue weighted by molar-refractivity contribution is -0.115. The molecule has 5 heteroatoms. The fraction of sp³-hybridized carbons (Fsp3) is 0.385. The van der Waals surface area contributed by atoms with Gasteiger partial charge in [-0.15, -0.1) is 11.8 Å². The van der Waals surface area contributed by atoms with Crippen LogP contribution < -0.4 is 10.6 Å². The molecule has 0 bridgehead atoms. The number of ketones is 1. The standard InChI is InChI=1S/C13H16N2O2S/c1-7(14-3)12(16)9-4-5-11-10(6-9)15-13(17)8(2)18-11/h4-8,14H,1-3H3,(H,15,17). The minimum Gasteiger partial charge on any atom is -0.324 e. The molecular formula is C13H16N2O2S. The van der Waals surface area contributed by atoms with Gasteiger partial charge < -0.3 is 10.6 Å². The Morgan fingerprint density at radius 3 is 2.89 bits per heavy atom. The van der Waals surface area contributed by atoms with Crippen molar-refractivity contribution < 1.29 is 9.59 Å². The molecule has 0 aliphatic carbocycles. The Bertz CT molecular complexity index is 502. The first-order valence-electron chi connectivity index (χ1n) is 5.86. The number of thioether (sulfide) groups is 1. The lowest BCUT2D eigenvalue weighted by Crippen LogP contribution is -2.31. The second kappa shape index (κ2) is 5.12. The van der Waals surface area contributed by atoms with Crippen LogP contribution in [0.5, 0.6) is 0 Å². The number of carbonyl (C=O) groups excluding carboxylic acids is 2. The van der Waals surface area contributed by atoms with Crippen LogP contribution in [0.15, 0.2) is 23.1 Å². The molecule has 2 atom stereocenters. The van der Waals surface area contributed by atoms with E-state index in [4.69, 9.17) is 0 Å². The Morgan fingerprint density at radius 2 is 2.22 bits per heavy atom. The zero-order chi connectivity index (χ0) is 13.3. The number of rotatable bonds is 3. The number of Topliss-reactive ketones (excluding diaryl/α,β-unsaturated/α-hetero) is 1. The third kappa shape index (κ3) is 2.42. The normalized spacial score (nSPS) is 19.9. The van der Waals surface area contributed by atoms with E-state index in [9.17, 15) is 9.59 Å². The van der Waals surface area contributed by atoms with Gasteiger partial charge in [-0.3, -0.25) is 9.59 Å². The molecule has 1 aromatic carbocycles. The molecule has 2 N–H and O–H groups in total. The van der Waals surface area contributed by atoms with E-state index in [2.05, 4.69) is 10.6 Å². The summed E-state index contributed by atoms with van der Waals surface area (Å²) in [5.74, 6) is 0.0111. The molecule has 0 saturated carbocycles. The fourth-order valence-electron chi connectivity index (χ4n) is 1.74. The van der Waals surface area contributed by atoms with Crippen LogP contribution in [-0.4, -0.2) is 30.0 Å². The van der Waals surface area contributed by atoms with Crippen LogP contribution in [-0.2, 0) is 4.79 Å². The van der Waals surface area contributed by atoms with Crippen LogP contribution in [0.4, 0.5) is 5.69 Å². The summed E-state index contributed by atoms with van der Waals surface area (Å²) >= 11 is 1.52. The van der Waals surface area contributed by atoms with E-state index in [1.54, 1.807) is 13.1 Å². The smallest absolute Gasteiger partial charge is 0.237 e. The highest BCUT2D eigenvalue weighted by Gasteiger charge is 2.24. The van der Waals surface area contributed by atoms with E-state index in [1.807, 2.05) is 26.0 Å². The third-order valence-corrected chi connectivity index (χ3v) is 4.20. The molecule has 4 nitrogen and oxygen atoms in total. The van der Waals surface area contributed by atoms with Gasteiger partial charge in [0, 0.05) is 10.5 Å². The molecule has 2 unspecified atom stereocenters. The zero-order valence-corrected chi connectivity index (χ0v) is 11.4. The molecule has 0 spiro atoms. The predicted molar refractivity (Wildman–Crippen MR) is 73.2 cm³/mol. The molecule has 2 rings (SSSR count). The Kier molecular flexibility index (Phi) is 3.73. The summed E-state index contributed by atoms with van der Waals surface area (Å²) in [6.07, 6.45) is 0. The highest BCUT2D eigenvalue weighted by molar-refractivity contribution is 8.00. The molecule has 0 fully saturated rings. The second-order valence-electron chi connectivity index (χ2n) is 4.33. The van der Waals surface area contributed by atoms with Crippen molar-refractivity contribution >= 4 is 29.1 Å². The van der Waals surface area contributed by atoms with Gasteiger partial charge in [-0.05, 0) is 33.0 Å². The first-order valence-corrected chi connectivity index (χ1v) is 6.74. The summed E-state index contributed by atoms with van der Waals surface area (Å²) in [4.78, 5) is 24.6. The number of hydrogen-bond donors (Lipinski definition) is 2. The van der Waals surface area contributed by atoms with Crippen LogP contribution in [0.25, 0.3) is 0 Å². The molecule has 1 heterocycles. The second-order valence-corrected chi connectivity index (χ2v) is 5.72. The van der Waals surface area contributed by atoms with Gasteiger partial charge in [0.2, 0.25) is 5.91 Å². The monoisotopic (exact) mass is 264 g/mol. The fourth-order valence-corrected chi connectivity index (χ4v) is 2.67. The third-order valence-electron chi connectivity index (χ3n) is 3.02. The number of likely N-dealkylation sites (N-methyl/N-ethyl adjacent to an activating group) is 1. The summed E-state index contributed by atoms with van der Waals surface area (Å²) in [5.41, 5.74) is 1.35. The van der Waals surface area contributed by atoms with Crippen LogP contribution in [0, 0.1) is 0 Å². The van der Waals surface area contributed by atoms with Gasteiger partial charge in [0.25, 0.3) is 0 Å². The van der Waals surface area contributed by atoms with Crippen molar-refractivity contribution in [3.8, 4) is 0 Å². The van der Waals surface area contributed by atoms with Crippen molar-refractivity contribution in [3.63, 3.8) is 0 Å². The maximum atomic E-state index is 12.0. The van der Waals surface area contributed by atoms with Crippen molar-refractivity contribution in [3.05, 3.63) is 23.8 Å². The number of fused-ring (bicyclic) bond motifs is 1. The van der Waals surface area contributed by atoms with Crippen molar-refractivity contribution in [2.45, 2.75) is 30.0 Å². The molecule has 0 aromatic heterocycles. The van der Waals surface area contributed by atoms with E-state index >= 15 is 0 Å². The van der Waals surface area contributed by atoms with Crippen molar-refractivity contribution in [1.29, 1.82) is 0 Å². The number of anilines is 1. The summed E-state index contributed by atoms with van der Waals surface area (Å²) < 4.78 is 0. The van der Waals surface area contributed by atoms with E-state index in [0.29, 0.717) is 5.56 Å². The SMILES string of the molecule is CNC(C)C(=O)c1ccc2c(c1)NC(=O)C(C)S2. The average molecular weight is 264 g/mol. The van der Waals surface area contributed by atoms with Crippen LogP contribution in [0.3, 0.4) is 0 Å². The molecule has 0 saturated heterocycles. The predicted octanol–water partition coefficient (Wildman–Crippen LogP) is 1.91. The summed E-state index contributed by atoms with van der Waals surface area (Å²) in [7, 11) is 1.75. The topological polar surface area (TPSA) is 58.2 Å². The Morgan fingerprint density at radius 1 is 1.50 bits per heavy atom. The van der Waals surface area contributed by atoms with Crippen LogP contribution >= 0.6 is 11.8 Å². The lowest BCUT2D eigenvalue weighted by atomic mass is 10.0. The number of nitrogens with one attached hydrogen (secondary N) is 2. The molecule has 96 valence electrons. The van der Waals surface area contributed by atoms with E-state index < -0.39 is 0 Å². The van der Waals surface area contributed by atoms with Crippen LogP contribution in [0.2, 0.25) is 0 Å². The molecule has 1 aromatic rings. The Balaban J connectivity index is 2.30. The van der Waals surface area contributed by atoms with Gasteiger partial charge in [0.15, 0.2) is 5.78 Å². The molecule has 1 aliphatic heterocycles. The van der Waals surface area contributed by atoms with Crippen molar-refractivity contribution in [1.82, 2.24) is 5.32 Å². The molecule has 1 aliphatic rings. The maximum Gasteiger partial charge on any atom is 0.237 e. The van der Waals surface area contributed by atoms with E-state index in [-0.39, 0.29) is 23.0 Å². The quantitative estimate of drug-likeness (QED) is 0.819. The van der Waals surface area contributed by atoms with Gasteiger partial charge in [-0.25, -0.2) is 0 Å². The van der Waals surface area contributed by atoms with Gasteiger partial charge in [0.05, 0.1) is 17.0 Å². The zero-order valence-electron chi connectivity index (χ0n) is 10.6. The highest BCUT2D eigenvalue weighted by Crippen LogP contribution is 2.36. The van der Waals surface area contributed by atoms with E-state index in [1.165, 1.54) is 11.8 Å². The first-order chi connectivity index (χ1) is 8.52. The highest BCUT2D eigenvalue weighted by atomic mass is 32.2. The minimum atomic E-state index is -0.228. The number of hydrogen-bond acceptors (Lipinski definition) is 4. The maximum absolute atomic E-state index is 12.0. The van der Waals surface area contributed by atoms with Crippen molar-refractivity contribution in [2.75, 3.05) is 12.4 Å². The molecule has 1 amide bonds. The van der Waals surface area contributed by atoms with Gasteiger partial charge >= 0.3 is 0 Å². The summed E-state index contributed by atoms with van der Waals surface area (Å²) in [6, 6.07) is 5.23. The molecule has 0 radical (unpaired) electrons. The van der Waals surface area contributed by atoms with Gasteiger partial charge in [-0.2, -0.15) is 0 Å². The number of benzene rings is 1.